The average Bonchev–Trinajstić information content (AvgIpc) is 3.18. The van der Waals surface area contributed by atoms with Gasteiger partial charge in [-0.15, -0.1) is 25.3 Å². The highest BCUT2D eigenvalue weighted by molar-refractivity contribution is 7.83. The van der Waals surface area contributed by atoms with E-state index in [0.717, 1.165) is 0 Å². The Morgan fingerprint density at radius 1 is 0.321 bits per heavy atom. The van der Waals surface area contributed by atoms with Crippen molar-refractivity contribution in [2.24, 2.45) is 0 Å². The Labute approximate surface area is 302 Å². The van der Waals surface area contributed by atoms with Gasteiger partial charge in [-0.1, -0.05) is 0 Å². The Balaban J connectivity index is 3.56. The molecule has 1 aromatic heterocycles. The van der Waals surface area contributed by atoms with Crippen LogP contribution in [0.2, 0.25) is 0 Å². The number of hydrogen-bond donors (Lipinski definition) is 2. The maximum atomic E-state index is 14.3. The lowest BCUT2D eigenvalue weighted by molar-refractivity contribution is -0.452. The second-order valence-electron chi connectivity index (χ2n) is 10.9. The van der Waals surface area contributed by atoms with Crippen molar-refractivity contribution in [2.45, 2.75) is 119 Å². The molecular weight excluding hydrogens is 946 g/mol. The fourth-order valence-electron chi connectivity index (χ4n) is 3.79. The summed E-state index contributed by atoms with van der Waals surface area (Å²) in [4.78, 5) is 0. The number of rotatable bonds is 16. The van der Waals surface area contributed by atoms with E-state index < -0.39 is 133 Å². The highest BCUT2D eigenvalue weighted by Gasteiger charge is 2.94. The van der Waals surface area contributed by atoms with Crippen LogP contribution in [0.25, 0.3) is 0 Å². The molecule has 0 unspecified atom stereocenters. The van der Waals surface area contributed by atoms with Crippen LogP contribution >= 0.6 is 37.5 Å². The molecule has 2 nitrogen and oxygen atoms in total. The molecule has 0 spiro atoms. The molecule has 332 valence electrons. The van der Waals surface area contributed by atoms with E-state index in [1.807, 2.05) is 0 Å². The molecule has 0 amide bonds. The molecule has 35 heteroatoms. The van der Waals surface area contributed by atoms with E-state index >= 15 is 0 Å². The monoisotopic (exact) mass is 956 g/mol. The molecule has 0 atom stereocenters. The third kappa shape index (κ3) is 7.11. The zero-order valence-electron chi connectivity index (χ0n) is 24.9. The predicted octanol–water partition coefficient (Wildman–Crippen LogP) is 12.1. The molecule has 0 aliphatic rings. The Hall–Kier alpha value is -1.97. The zero-order valence-corrected chi connectivity index (χ0v) is 27.5. The van der Waals surface area contributed by atoms with Crippen LogP contribution in [-0.2, 0) is 13.1 Å². The SMILES string of the molecule is FC(F)(F)C(F)(F)C(F)(F)C(F)(F)C(F)(F)C(F)(F)C(F)(F)CCn1c(S)c(S)n(CCC(F)(F)C(F)(F)C(F)(F)C(F)(F)C(F)(F)C(F)(F)C(F)(F)F)c1=S. The summed E-state index contributed by atoms with van der Waals surface area (Å²) in [6.07, 6.45) is -22.3. The van der Waals surface area contributed by atoms with E-state index in [-0.39, 0.29) is 0 Å². The van der Waals surface area contributed by atoms with Crippen LogP contribution in [0.15, 0.2) is 10.1 Å². The number of imidazole rings is 1. The standard InChI is InChI=1S/C21H10F30N2S3/c22-8(23,10(26,27)12(30,31)14(34,35)16(38,39)18(42,43)20(46,47)48)1-3-52-5(54)6(55)53(7(52)56)4-2-9(24,25)11(28,29)13(32,33)15(36,37)17(40,41)19(44,45)21(49,50)51/h54-55H,1-4H2. The smallest absolute Gasteiger partial charge is 0.311 e. The Bertz CT molecular complexity index is 1530. The number of alkyl halides is 30. The molecule has 0 aromatic carbocycles. The van der Waals surface area contributed by atoms with Gasteiger partial charge in [-0.05, 0) is 12.2 Å². The molecule has 56 heavy (non-hydrogen) atoms. The van der Waals surface area contributed by atoms with Gasteiger partial charge in [0, 0.05) is 25.9 Å². The second kappa shape index (κ2) is 14.1. The van der Waals surface area contributed by atoms with E-state index in [4.69, 9.17) is 0 Å². The van der Waals surface area contributed by atoms with Crippen LogP contribution in [0.5, 0.6) is 0 Å². The average molecular weight is 956 g/mol. The lowest BCUT2D eigenvalue weighted by Crippen LogP contribution is -2.72. The van der Waals surface area contributed by atoms with E-state index in [0.29, 0.717) is 0 Å². The summed E-state index contributed by atoms with van der Waals surface area (Å²) in [7, 11) is 0. The third-order valence-corrected chi connectivity index (χ3v) is 8.78. The van der Waals surface area contributed by atoms with Gasteiger partial charge in [0.05, 0.1) is 0 Å². The number of thiol groups is 2. The first-order valence-corrected chi connectivity index (χ1v) is 14.1. The maximum Gasteiger partial charge on any atom is 0.460 e. The molecule has 0 fully saturated rings. The first-order valence-electron chi connectivity index (χ1n) is 12.8. The highest BCUT2D eigenvalue weighted by atomic mass is 32.1. The largest absolute Gasteiger partial charge is 0.460 e. The molecule has 1 rings (SSSR count). The first kappa shape index (κ1) is 52.0. The maximum absolute atomic E-state index is 14.3. The van der Waals surface area contributed by atoms with Gasteiger partial charge in [0.15, 0.2) is 4.77 Å². The number of nitrogens with zero attached hydrogens (tertiary/aromatic N) is 2. The van der Waals surface area contributed by atoms with Crippen molar-refractivity contribution in [2.75, 3.05) is 0 Å². The van der Waals surface area contributed by atoms with Crippen molar-refractivity contribution < 1.29 is 132 Å². The summed E-state index contributed by atoms with van der Waals surface area (Å²) >= 11 is 10.9. The summed E-state index contributed by atoms with van der Waals surface area (Å²) in [6, 6.07) is 0. The van der Waals surface area contributed by atoms with Gasteiger partial charge in [-0.3, -0.25) is 0 Å². The van der Waals surface area contributed by atoms with Crippen molar-refractivity contribution >= 4 is 37.5 Å². The molecule has 0 saturated heterocycles. The summed E-state index contributed by atoms with van der Waals surface area (Å²) < 4.78 is 400. The van der Waals surface area contributed by atoms with Crippen molar-refractivity contribution in [3.63, 3.8) is 0 Å². The summed E-state index contributed by atoms with van der Waals surface area (Å²) in [6.45, 7) is -4.62. The lowest BCUT2D eigenvalue weighted by atomic mass is 9.90. The summed E-state index contributed by atoms with van der Waals surface area (Å²) in [5, 5.41) is -2.74. The second-order valence-corrected chi connectivity index (χ2v) is 12.1. The predicted molar refractivity (Wildman–Crippen MR) is 128 cm³/mol. The minimum Gasteiger partial charge on any atom is -0.311 e. The van der Waals surface area contributed by atoms with Gasteiger partial charge in [0.25, 0.3) is 0 Å². The molecule has 0 bridgehead atoms. The fourth-order valence-corrected chi connectivity index (χ4v) is 4.92. The number of hydrogen-bond acceptors (Lipinski definition) is 3. The van der Waals surface area contributed by atoms with Gasteiger partial charge in [-0.2, -0.15) is 132 Å². The Morgan fingerprint density at radius 2 is 0.500 bits per heavy atom. The molecule has 1 heterocycles. The molecular formula is C21H10F30N2S3. The molecule has 0 aliphatic carbocycles. The molecule has 0 saturated carbocycles. The van der Waals surface area contributed by atoms with Crippen molar-refractivity contribution in [3.8, 4) is 0 Å². The molecule has 0 radical (unpaired) electrons. The van der Waals surface area contributed by atoms with Gasteiger partial charge in [0.1, 0.15) is 10.1 Å². The minimum atomic E-state index is -8.71. The molecule has 0 aliphatic heterocycles. The van der Waals surface area contributed by atoms with Gasteiger partial charge < -0.3 is 9.13 Å². The number of halogens is 30. The fraction of sp³-hybridized carbons (Fsp3) is 0.857. The van der Waals surface area contributed by atoms with Crippen LogP contribution < -0.4 is 0 Å². The quantitative estimate of drug-likeness (QED) is 0.0954. The van der Waals surface area contributed by atoms with Crippen LogP contribution in [0.3, 0.4) is 0 Å². The van der Waals surface area contributed by atoms with E-state index in [1.54, 1.807) is 0 Å². The van der Waals surface area contributed by atoms with Crippen molar-refractivity contribution in [1.82, 2.24) is 9.13 Å². The van der Waals surface area contributed by atoms with Crippen molar-refractivity contribution in [3.05, 3.63) is 4.77 Å². The van der Waals surface area contributed by atoms with E-state index in [2.05, 4.69) is 37.5 Å². The Kier molecular flexibility index (Phi) is 13.1. The topological polar surface area (TPSA) is 9.86 Å². The van der Waals surface area contributed by atoms with E-state index in [9.17, 15) is 132 Å². The van der Waals surface area contributed by atoms with Crippen LogP contribution in [0.4, 0.5) is 132 Å². The summed E-state index contributed by atoms with van der Waals surface area (Å²) in [5.41, 5.74) is 0. The van der Waals surface area contributed by atoms with E-state index in [1.165, 1.54) is 0 Å². The summed E-state index contributed by atoms with van der Waals surface area (Å²) in [5.74, 6) is -98.5. The normalized spacial score (nSPS) is 16.2. The molecule has 0 N–H and O–H groups in total. The van der Waals surface area contributed by atoms with Crippen LogP contribution in [-0.4, -0.2) is 92.6 Å². The van der Waals surface area contributed by atoms with Gasteiger partial charge >= 0.3 is 83.4 Å². The van der Waals surface area contributed by atoms with Crippen molar-refractivity contribution in [1.29, 1.82) is 0 Å². The minimum absolute atomic E-state index is 0.397. The van der Waals surface area contributed by atoms with Gasteiger partial charge in [-0.25, -0.2) is 0 Å². The van der Waals surface area contributed by atoms with Crippen LogP contribution in [0, 0.1) is 4.77 Å². The first-order chi connectivity index (χ1) is 23.9. The van der Waals surface area contributed by atoms with Crippen LogP contribution in [0.1, 0.15) is 12.8 Å². The molecule has 1 aromatic rings. The van der Waals surface area contributed by atoms with Gasteiger partial charge in [0.2, 0.25) is 0 Å². The number of aromatic nitrogens is 2. The Morgan fingerprint density at radius 3 is 0.696 bits per heavy atom. The zero-order chi connectivity index (χ0) is 45.7. The highest BCUT2D eigenvalue weighted by Crippen LogP contribution is 2.64. The third-order valence-electron chi connectivity index (χ3n) is 7.26. The lowest BCUT2D eigenvalue weighted by Gasteiger charge is -2.41.